The van der Waals surface area contributed by atoms with E-state index in [0.29, 0.717) is 17.8 Å². The number of esters is 1. The van der Waals surface area contributed by atoms with Gasteiger partial charge in [-0.3, -0.25) is 4.79 Å². The molecule has 0 amide bonds. The highest BCUT2D eigenvalue weighted by molar-refractivity contribution is 6.62. The Morgan fingerprint density at radius 2 is 2.23 bits per heavy atom. The number of benzene rings is 1. The third kappa shape index (κ3) is 3.66. The van der Waals surface area contributed by atoms with Crippen molar-refractivity contribution >= 4 is 24.4 Å². The van der Waals surface area contributed by atoms with Crippen LogP contribution < -0.4 is 10.2 Å². The van der Waals surface area contributed by atoms with Gasteiger partial charge in [0.15, 0.2) is 0 Å². The van der Waals surface area contributed by atoms with E-state index < -0.39 is 13.2 Å². The molecular formula is C17H16BN3O5. The Morgan fingerprint density at radius 3 is 2.88 bits per heavy atom. The van der Waals surface area contributed by atoms with Gasteiger partial charge in [-0.2, -0.15) is 0 Å². The summed E-state index contributed by atoms with van der Waals surface area (Å²) in [5.41, 5.74) is 2.11. The van der Waals surface area contributed by atoms with E-state index in [4.69, 9.17) is 20.7 Å². The Labute approximate surface area is 150 Å². The second-order valence-corrected chi connectivity index (χ2v) is 5.67. The van der Waals surface area contributed by atoms with Gasteiger partial charge in [0.2, 0.25) is 0 Å². The predicted molar refractivity (Wildman–Crippen MR) is 92.2 cm³/mol. The topological polar surface area (TPSA) is 95.1 Å². The van der Waals surface area contributed by atoms with Crippen molar-refractivity contribution in [2.24, 2.45) is 0 Å². The summed E-state index contributed by atoms with van der Waals surface area (Å²) >= 11 is 0. The number of fused-ring (bicyclic) bond motifs is 1. The molecule has 1 aliphatic heterocycles. The van der Waals surface area contributed by atoms with E-state index in [1.54, 1.807) is 25.1 Å². The summed E-state index contributed by atoms with van der Waals surface area (Å²) in [6, 6.07) is 6.45. The lowest BCUT2D eigenvalue weighted by atomic mass is 9.77. The molecule has 8 nitrogen and oxygen atoms in total. The van der Waals surface area contributed by atoms with Gasteiger partial charge in [-0.15, -0.1) is 0 Å². The minimum absolute atomic E-state index is 0.0303. The molecule has 1 atom stereocenters. The number of carbonyl (C=O) groups excluding carboxylic acids is 1. The number of nitrogens with zero attached hydrogens (tertiary/aromatic N) is 3. The molecule has 2 heterocycles. The third-order valence-corrected chi connectivity index (χ3v) is 3.89. The van der Waals surface area contributed by atoms with Crippen molar-refractivity contribution in [3.8, 4) is 11.6 Å². The van der Waals surface area contributed by atoms with Gasteiger partial charge in [0.25, 0.3) is 11.7 Å². The Hall–Kier alpha value is -2.96. The lowest BCUT2D eigenvalue weighted by molar-refractivity contribution is -0.145. The number of hydrogen-bond acceptors (Lipinski definition) is 7. The molecule has 0 radical (unpaired) electrons. The highest BCUT2D eigenvalue weighted by Crippen LogP contribution is 2.33. The number of aromatic nitrogens is 2. The Kier molecular flexibility index (Phi) is 5.16. The first-order valence-corrected chi connectivity index (χ1v) is 8.04. The summed E-state index contributed by atoms with van der Waals surface area (Å²) in [5.74, 6) is 0.472. The Bertz CT molecular complexity index is 866. The first kappa shape index (κ1) is 17.9. The summed E-state index contributed by atoms with van der Waals surface area (Å²) in [6.07, 6.45) is -0.534. The summed E-state index contributed by atoms with van der Waals surface area (Å²) in [6.45, 7) is 10.7. The fourth-order valence-electron chi connectivity index (χ4n) is 2.86. The molecule has 2 aromatic rings. The Morgan fingerprint density at radius 1 is 1.42 bits per heavy atom. The van der Waals surface area contributed by atoms with E-state index in [-0.39, 0.29) is 24.1 Å². The molecule has 0 aliphatic carbocycles. The predicted octanol–water partition coefficient (Wildman–Crippen LogP) is 1.84. The minimum Gasteiger partial charge on any atom is -0.466 e. The van der Waals surface area contributed by atoms with Crippen LogP contribution in [0.3, 0.4) is 0 Å². The second kappa shape index (κ2) is 7.51. The molecule has 1 aromatic heterocycles. The maximum atomic E-state index is 11.7. The molecule has 1 aliphatic rings. The maximum absolute atomic E-state index is 11.7. The highest BCUT2D eigenvalue weighted by Gasteiger charge is 2.38. The summed E-state index contributed by atoms with van der Waals surface area (Å²) in [5, 5.41) is 17.7. The van der Waals surface area contributed by atoms with E-state index in [1.165, 1.54) is 6.07 Å². The average molecular weight is 353 g/mol. The largest absolute Gasteiger partial charge is 0.492 e. The van der Waals surface area contributed by atoms with Crippen LogP contribution in [0.4, 0.5) is 5.82 Å². The van der Waals surface area contributed by atoms with Crippen molar-refractivity contribution < 1.29 is 23.9 Å². The van der Waals surface area contributed by atoms with Crippen molar-refractivity contribution in [2.45, 2.75) is 26.4 Å². The van der Waals surface area contributed by atoms with Crippen LogP contribution in [-0.4, -0.2) is 34.9 Å². The van der Waals surface area contributed by atoms with Crippen LogP contribution in [0.15, 0.2) is 24.3 Å². The second-order valence-electron chi connectivity index (χ2n) is 5.67. The summed E-state index contributed by atoms with van der Waals surface area (Å²) in [4.78, 5) is 14.9. The maximum Gasteiger partial charge on any atom is 0.492 e. The fraction of sp³-hybridized carbons (Fsp3) is 0.294. The molecule has 132 valence electrons. The van der Waals surface area contributed by atoms with Gasteiger partial charge in [0.05, 0.1) is 19.1 Å². The molecule has 0 fully saturated rings. The first-order chi connectivity index (χ1) is 12.5. The van der Waals surface area contributed by atoms with Gasteiger partial charge in [-0.1, -0.05) is 6.57 Å². The zero-order valence-corrected chi connectivity index (χ0v) is 14.3. The molecule has 0 saturated carbocycles. The summed E-state index contributed by atoms with van der Waals surface area (Å²) < 4.78 is 16.1. The number of rotatable bonds is 5. The molecule has 3 rings (SSSR count). The van der Waals surface area contributed by atoms with Gasteiger partial charge >= 0.3 is 13.1 Å². The quantitative estimate of drug-likeness (QED) is 0.498. The molecule has 0 saturated heterocycles. The van der Waals surface area contributed by atoms with E-state index in [9.17, 15) is 9.82 Å². The monoisotopic (exact) mass is 353 g/mol. The van der Waals surface area contributed by atoms with Crippen LogP contribution in [0.1, 0.15) is 30.6 Å². The van der Waals surface area contributed by atoms with Crippen molar-refractivity contribution in [2.75, 3.05) is 6.61 Å². The van der Waals surface area contributed by atoms with Gasteiger partial charge < -0.3 is 24.0 Å². The Balaban J connectivity index is 1.83. The zero-order chi connectivity index (χ0) is 18.7. The smallest absolute Gasteiger partial charge is 0.466 e. The summed E-state index contributed by atoms with van der Waals surface area (Å²) in [7, 11) is -1.15. The number of carbonyl (C=O) groups is 1. The van der Waals surface area contributed by atoms with Crippen LogP contribution in [0.25, 0.3) is 4.85 Å². The molecule has 9 heteroatoms. The lowest BCUT2D eigenvalue weighted by Crippen LogP contribution is -2.28. The number of aryl methyl sites for hydroxylation is 1. The van der Waals surface area contributed by atoms with Crippen LogP contribution in [0, 0.1) is 13.5 Å². The third-order valence-electron chi connectivity index (χ3n) is 3.89. The van der Waals surface area contributed by atoms with Crippen molar-refractivity contribution in [1.82, 2.24) is 10.2 Å². The molecule has 26 heavy (non-hydrogen) atoms. The number of hydrogen-bond donors (Lipinski definition) is 1. The van der Waals surface area contributed by atoms with Gasteiger partial charge in [-0.25, -0.2) is 0 Å². The molecule has 0 bridgehead atoms. The molecule has 1 aromatic carbocycles. The standard InChI is InChI=1S/C17H16BN3O5/c1-4-24-16(22)9-13-17-10(2)7-11(8-12(17)18(23)26-13)25-15-6-5-14(19-3)20-21-15/h5-8,13,23H,4,9H2,1-2H3. The van der Waals surface area contributed by atoms with Crippen LogP contribution in [0.2, 0.25) is 0 Å². The molecule has 1 N–H and O–H groups in total. The van der Waals surface area contributed by atoms with Crippen LogP contribution >= 0.6 is 0 Å². The van der Waals surface area contributed by atoms with Gasteiger partial charge in [0.1, 0.15) is 5.75 Å². The van der Waals surface area contributed by atoms with Crippen LogP contribution in [0.5, 0.6) is 11.6 Å². The van der Waals surface area contributed by atoms with Gasteiger partial charge in [0, 0.05) is 5.10 Å². The average Bonchev–Trinajstić information content (AvgIpc) is 2.92. The molecule has 1 unspecified atom stereocenters. The first-order valence-electron chi connectivity index (χ1n) is 8.04. The minimum atomic E-state index is -1.15. The lowest BCUT2D eigenvalue weighted by Gasteiger charge is -2.14. The normalized spacial score (nSPS) is 15.3. The van der Waals surface area contributed by atoms with E-state index >= 15 is 0 Å². The van der Waals surface area contributed by atoms with Crippen molar-refractivity contribution in [3.05, 3.63) is 46.8 Å². The van der Waals surface area contributed by atoms with Crippen LogP contribution in [-0.2, 0) is 14.2 Å². The highest BCUT2D eigenvalue weighted by atomic mass is 16.5. The van der Waals surface area contributed by atoms with Crippen molar-refractivity contribution in [3.63, 3.8) is 0 Å². The molecular weight excluding hydrogens is 337 g/mol. The zero-order valence-electron chi connectivity index (χ0n) is 14.3. The van der Waals surface area contributed by atoms with E-state index in [0.717, 1.165) is 11.1 Å². The SMILES string of the molecule is [C-]#[N+]c1ccc(Oc2cc(C)c3c(c2)B(O)OC3CC(=O)OCC)nn1. The fourth-order valence-corrected chi connectivity index (χ4v) is 2.86. The number of ether oxygens (including phenoxy) is 2. The van der Waals surface area contributed by atoms with E-state index in [2.05, 4.69) is 15.0 Å². The molecule has 0 spiro atoms. The van der Waals surface area contributed by atoms with E-state index in [1.807, 2.05) is 6.92 Å². The van der Waals surface area contributed by atoms with Gasteiger partial charge in [-0.05, 0) is 59.8 Å². The van der Waals surface area contributed by atoms with Crippen molar-refractivity contribution in [1.29, 1.82) is 0 Å².